The van der Waals surface area contributed by atoms with Gasteiger partial charge in [0.1, 0.15) is 12.3 Å². The number of hydrogen-bond donors (Lipinski definition) is 2. The van der Waals surface area contributed by atoms with E-state index in [1.807, 2.05) is 6.07 Å². The number of rotatable bonds is 7. The summed E-state index contributed by atoms with van der Waals surface area (Å²) in [6.07, 6.45) is -2.05. The molecule has 2 aromatic rings. The summed E-state index contributed by atoms with van der Waals surface area (Å²) < 4.78 is 43.3. The predicted octanol–water partition coefficient (Wildman–Crippen LogP) is 5.72. The van der Waals surface area contributed by atoms with Crippen LogP contribution in [0.25, 0.3) is 5.70 Å². The fourth-order valence-corrected chi connectivity index (χ4v) is 6.24. The Kier molecular flexibility index (Phi) is 7.55. The largest absolute Gasteiger partial charge is 0.435 e. The molecule has 1 unspecified atom stereocenters. The quantitative estimate of drug-likeness (QED) is 0.427. The standard InChI is InChI=1S/C24H21Cl2F3N4O2S/c1-13(32-12-20(34)31-7-6-30)21-17-4-2-3-5-18(17)22(36-21)19-11-23(35-33-19,24(27,28)29)14-8-15(25)10-16(26)9-14/h8-10,32H,1-5,7,11-12H2,(H,31,34). The number of benzene rings is 1. The number of nitrogens with zero attached hydrogens (tertiary/aromatic N) is 2. The van der Waals surface area contributed by atoms with Crippen LogP contribution in [0.2, 0.25) is 10.0 Å². The molecule has 1 aromatic heterocycles. The first-order valence-electron chi connectivity index (χ1n) is 11.1. The number of hydrogen-bond acceptors (Lipinski definition) is 6. The van der Waals surface area contributed by atoms with E-state index in [1.165, 1.54) is 29.5 Å². The van der Waals surface area contributed by atoms with Gasteiger partial charge in [0.15, 0.2) is 0 Å². The number of amides is 1. The van der Waals surface area contributed by atoms with Gasteiger partial charge in [-0.15, -0.1) is 11.3 Å². The lowest BCUT2D eigenvalue weighted by Gasteiger charge is -2.29. The minimum absolute atomic E-state index is 0.0649. The van der Waals surface area contributed by atoms with Crippen molar-refractivity contribution in [1.29, 1.82) is 5.26 Å². The highest BCUT2D eigenvalue weighted by Gasteiger charge is 2.62. The van der Waals surface area contributed by atoms with E-state index in [-0.39, 0.29) is 40.3 Å². The maximum absolute atomic E-state index is 14.4. The van der Waals surface area contributed by atoms with Crippen molar-refractivity contribution in [3.8, 4) is 6.07 Å². The molecular formula is C24H21Cl2F3N4O2S. The third-order valence-electron chi connectivity index (χ3n) is 6.10. The van der Waals surface area contributed by atoms with Gasteiger partial charge in [0.05, 0.1) is 28.8 Å². The van der Waals surface area contributed by atoms with E-state index in [4.69, 9.17) is 33.3 Å². The Balaban J connectivity index is 1.65. The van der Waals surface area contributed by atoms with E-state index < -0.39 is 18.2 Å². The van der Waals surface area contributed by atoms with E-state index in [2.05, 4.69) is 22.4 Å². The Labute approximate surface area is 219 Å². The van der Waals surface area contributed by atoms with Gasteiger partial charge in [0.2, 0.25) is 5.91 Å². The van der Waals surface area contributed by atoms with Crippen molar-refractivity contribution in [3.05, 3.63) is 61.3 Å². The van der Waals surface area contributed by atoms with Crippen LogP contribution in [-0.2, 0) is 28.1 Å². The lowest BCUT2D eigenvalue weighted by molar-refractivity contribution is -0.275. The van der Waals surface area contributed by atoms with Crippen molar-refractivity contribution in [2.24, 2.45) is 5.16 Å². The molecule has 0 saturated heterocycles. The first-order valence-corrected chi connectivity index (χ1v) is 12.6. The summed E-state index contributed by atoms with van der Waals surface area (Å²) in [6.45, 7) is 3.84. The van der Waals surface area contributed by atoms with Crippen LogP contribution in [0.4, 0.5) is 13.2 Å². The first-order chi connectivity index (χ1) is 17.1. The third kappa shape index (κ3) is 5.05. The van der Waals surface area contributed by atoms with Crippen LogP contribution >= 0.6 is 34.5 Å². The van der Waals surface area contributed by atoms with E-state index >= 15 is 0 Å². The molecule has 190 valence electrons. The number of alkyl halides is 3. The molecule has 4 rings (SSSR count). The zero-order valence-corrected chi connectivity index (χ0v) is 21.2. The van der Waals surface area contributed by atoms with Crippen molar-refractivity contribution in [3.63, 3.8) is 0 Å². The normalized spacial score (nSPS) is 19.1. The molecule has 1 aromatic carbocycles. The van der Waals surface area contributed by atoms with Crippen LogP contribution in [0, 0.1) is 11.3 Å². The number of fused-ring (bicyclic) bond motifs is 1. The zero-order chi connectivity index (χ0) is 26.1. The molecule has 0 fully saturated rings. The predicted molar refractivity (Wildman–Crippen MR) is 133 cm³/mol. The highest BCUT2D eigenvalue weighted by Crippen LogP contribution is 2.51. The summed E-state index contributed by atoms with van der Waals surface area (Å²) in [7, 11) is 0. The molecule has 1 amide bonds. The summed E-state index contributed by atoms with van der Waals surface area (Å²) in [5.41, 5.74) is -0.323. The number of nitriles is 1. The Morgan fingerprint density at radius 1 is 1.19 bits per heavy atom. The maximum Gasteiger partial charge on any atom is 0.435 e. The van der Waals surface area contributed by atoms with E-state index in [0.717, 1.165) is 35.3 Å². The third-order valence-corrected chi connectivity index (χ3v) is 7.92. The molecule has 36 heavy (non-hydrogen) atoms. The second-order valence-corrected chi connectivity index (χ2v) is 10.4. The smallest absolute Gasteiger partial charge is 0.375 e. The van der Waals surface area contributed by atoms with Gasteiger partial charge in [-0.05, 0) is 55.0 Å². The van der Waals surface area contributed by atoms with Gasteiger partial charge in [0.25, 0.3) is 5.60 Å². The molecule has 1 atom stereocenters. The molecule has 1 aliphatic heterocycles. The van der Waals surface area contributed by atoms with Crippen LogP contribution < -0.4 is 10.6 Å². The van der Waals surface area contributed by atoms with Gasteiger partial charge in [-0.2, -0.15) is 18.4 Å². The Bertz CT molecular complexity index is 1270. The number of oxime groups is 1. The molecule has 0 spiro atoms. The molecule has 6 nitrogen and oxygen atoms in total. The van der Waals surface area contributed by atoms with Gasteiger partial charge in [-0.3, -0.25) is 4.79 Å². The average Bonchev–Trinajstić information content (AvgIpc) is 3.43. The van der Waals surface area contributed by atoms with Gasteiger partial charge >= 0.3 is 6.18 Å². The fraction of sp³-hybridized carbons (Fsp3) is 0.375. The topological polar surface area (TPSA) is 86.5 Å². The number of carbonyl (C=O) groups excluding carboxylic acids is 1. The summed E-state index contributed by atoms with van der Waals surface area (Å²) in [4.78, 5) is 18.4. The Morgan fingerprint density at radius 3 is 2.50 bits per heavy atom. The highest BCUT2D eigenvalue weighted by molar-refractivity contribution is 7.15. The minimum atomic E-state index is -4.78. The Morgan fingerprint density at radius 2 is 1.86 bits per heavy atom. The van der Waals surface area contributed by atoms with Crippen LogP contribution in [0.5, 0.6) is 0 Å². The molecule has 0 bridgehead atoms. The van der Waals surface area contributed by atoms with Gasteiger partial charge in [-0.1, -0.05) is 34.9 Å². The van der Waals surface area contributed by atoms with Crippen molar-refractivity contribution in [1.82, 2.24) is 10.6 Å². The summed E-state index contributed by atoms with van der Waals surface area (Å²) in [5.74, 6) is -0.368. The molecule has 2 aliphatic rings. The lowest BCUT2D eigenvalue weighted by atomic mass is 9.85. The molecule has 0 saturated carbocycles. The lowest BCUT2D eigenvalue weighted by Crippen LogP contribution is -2.42. The molecule has 1 aliphatic carbocycles. The highest BCUT2D eigenvalue weighted by atomic mass is 35.5. The fourth-order valence-electron chi connectivity index (χ4n) is 4.39. The van der Waals surface area contributed by atoms with Crippen molar-refractivity contribution < 1.29 is 22.8 Å². The first kappa shape index (κ1) is 26.3. The zero-order valence-electron chi connectivity index (χ0n) is 18.9. The number of nitrogens with one attached hydrogen (secondary N) is 2. The molecular weight excluding hydrogens is 536 g/mol. The molecule has 2 heterocycles. The number of halogens is 5. The second-order valence-electron chi connectivity index (χ2n) is 8.48. The van der Waals surface area contributed by atoms with Crippen LogP contribution in [0.1, 0.15) is 45.7 Å². The maximum atomic E-state index is 14.4. The van der Waals surface area contributed by atoms with Crippen LogP contribution in [0.3, 0.4) is 0 Å². The van der Waals surface area contributed by atoms with Crippen molar-refractivity contribution >= 4 is 51.9 Å². The summed E-state index contributed by atoms with van der Waals surface area (Å²) in [5, 5.41) is 18.0. The van der Waals surface area contributed by atoms with Crippen molar-refractivity contribution in [2.45, 2.75) is 43.9 Å². The summed E-state index contributed by atoms with van der Waals surface area (Å²) >= 11 is 13.3. The number of carbonyl (C=O) groups is 1. The molecule has 12 heteroatoms. The van der Waals surface area contributed by atoms with E-state index in [9.17, 15) is 18.0 Å². The molecule has 2 N–H and O–H groups in total. The minimum Gasteiger partial charge on any atom is -0.375 e. The van der Waals surface area contributed by atoms with Gasteiger partial charge in [0, 0.05) is 21.3 Å². The Hall–Kier alpha value is -2.74. The number of thiophene rings is 1. The van der Waals surface area contributed by atoms with E-state index in [1.54, 1.807) is 0 Å². The second kappa shape index (κ2) is 10.3. The van der Waals surface area contributed by atoms with Gasteiger partial charge < -0.3 is 15.5 Å². The summed E-state index contributed by atoms with van der Waals surface area (Å²) in [6, 6.07) is 5.57. The van der Waals surface area contributed by atoms with Crippen LogP contribution in [0.15, 0.2) is 29.9 Å². The van der Waals surface area contributed by atoms with Crippen molar-refractivity contribution in [2.75, 3.05) is 13.1 Å². The SMILES string of the molecule is C=C(NCC(=O)NCC#N)c1sc(C2=NOC(c3cc(Cl)cc(Cl)c3)(C(F)(F)F)C2)c2c1CCCC2. The average molecular weight is 557 g/mol. The van der Waals surface area contributed by atoms with E-state index in [0.29, 0.717) is 17.0 Å². The molecule has 0 radical (unpaired) electrons. The van der Waals surface area contributed by atoms with Crippen LogP contribution in [-0.4, -0.2) is 30.9 Å². The monoisotopic (exact) mass is 556 g/mol. The van der Waals surface area contributed by atoms with Gasteiger partial charge in [-0.25, -0.2) is 0 Å².